The minimum Gasteiger partial charge on any atom is -0.497 e. The molecule has 8 nitrogen and oxygen atoms in total. The van der Waals surface area contributed by atoms with Gasteiger partial charge in [0.15, 0.2) is 0 Å². The molecule has 3 aromatic rings. The van der Waals surface area contributed by atoms with Crippen molar-refractivity contribution in [2.75, 3.05) is 24.2 Å². The van der Waals surface area contributed by atoms with Gasteiger partial charge in [0.05, 0.1) is 19.1 Å². The van der Waals surface area contributed by atoms with Crippen LogP contribution in [-0.4, -0.2) is 57.1 Å². The zero-order valence-electron chi connectivity index (χ0n) is 23.8. The van der Waals surface area contributed by atoms with Crippen LogP contribution in [0.25, 0.3) is 0 Å². The van der Waals surface area contributed by atoms with Gasteiger partial charge in [0, 0.05) is 19.0 Å². The first kappa shape index (κ1) is 30.7. The monoisotopic (exact) mass is 565 g/mol. The zero-order valence-corrected chi connectivity index (χ0v) is 24.6. The number of anilines is 1. The fraction of sp³-hybridized carbons (Fsp3) is 0.355. The standard InChI is InChI=1S/C31H39N3O5S/c1-6-24(3)32-31(36)29(20-25-10-8-7-9-11-25)33(21-26-14-12-23(2)13-15-26)30(35)22-34(40(5,37)38)27-16-18-28(39-4)19-17-27/h7-19,24,29H,6,20-22H2,1-5H3,(H,32,36)/t24-,29-/m0/s1. The number of sulfonamides is 1. The molecule has 0 aliphatic carbocycles. The van der Waals surface area contributed by atoms with E-state index in [1.807, 2.05) is 75.4 Å². The number of carbonyl (C=O) groups is 2. The Balaban J connectivity index is 2.04. The van der Waals surface area contributed by atoms with Gasteiger partial charge in [0.1, 0.15) is 18.3 Å². The normalized spacial score (nSPS) is 12.7. The third kappa shape index (κ3) is 8.58. The molecular weight excluding hydrogens is 526 g/mol. The molecule has 0 heterocycles. The van der Waals surface area contributed by atoms with Gasteiger partial charge in [-0.1, -0.05) is 67.1 Å². The van der Waals surface area contributed by atoms with Crippen molar-refractivity contribution >= 4 is 27.5 Å². The first-order chi connectivity index (χ1) is 19.0. The minimum absolute atomic E-state index is 0.0890. The summed E-state index contributed by atoms with van der Waals surface area (Å²) in [7, 11) is -2.31. The Morgan fingerprint density at radius 3 is 2.10 bits per heavy atom. The number of nitrogens with zero attached hydrogens (tertiary/aromatic N) is 2. The number of carbonyl (C=O) groups excluding carboxylic acids is 2. The Morgan fingerprint density at radius 1 is 0.925 bits per heavy atom. The van der Waals surface area contributed by atoms with Crippen LogP contribution in [0.15, 0.2) is 78.9 Å². The first-order valence-corrected chi connectivity index (χ1v) is 15.2. The van der Waals surface area contributed by atoms with E-state index in [4.69, 9.17) is 4.74 Å². The van der Waals surface area contributed by atoms with Crippen molar-refractivity contribution in [1.82, 2.24) is 10.2 Å². The molecule has 0 aliphatic rings. The van der Waals surface area contributed by atoms with Crippen molar-refractivity contribution in [3.8, 4) is 5.75 Å². The minimum atomic E-state index is -3.83. The van der Waals surface area contributed by atoms with E-state index in [2.05, 4.69) is 5.32 Å². The maximum Gasteiger partial charge on any atom is 0.244 e. The van der Waals surface area contributed by atoms with Crippen molar-refractivity contribution in [2.24, 2.45) is 0 Å². The molecule has 0 saturated heterocycles. The molecule has 3 rings (SSSR count). The number of aryl methyl sites for hydroxylation is 1. The van der Waals surface area contributed by atoms with Gasteiger partial charge in [0.2, 0.25) is 21.8 Å². The second-order valence-electron chi connectivity index (χ2n) is 10.00. The molecule has 0 fully saturated rings. The third-order valence-corrected chi connectivity index (χ3v) is 7.93. The number of rotatable bonds is 13. The van der Waals surface area contributed by atoms with E-state index in [0.717, 1.165) is 33.7 Å². The van der Waals surface area contributed by atoms with Crippen molar-refractivity contribution in [3.05, 3.63) is 95.6 Å². The quantitative estimate of drug-likeness (QED) is 0.333. The van der Waals surface area contributed by atoms with Gasteiger partial charge >= 0.3 is 0 Å². The maximum atomic E-state index is 14.1. The summed E-state index contributed by atoms with van der Waals surface area (Å²) in [5, 5.41) is 3.03. The molecular formula is C31H39N3O5S. The average Bonchev–Trinajstić information content (AvgIpc) is 2.94. The van der Waals surface area contributed by atoms with Gasteiger partial charge in [0.25, 0.3) is 0 Å². The summed E-state index contributed by atoms with van der Waals surface area (Å²) in [6.45, 7) is 5.55. The van der Waals surface area contributed by atoms with Crippen LogP contribution in [0, 0.1) is 6.92 Å². The fourth-order valence-electron chi connectivity index (χ4n) is 4.25. The van der Waals surface area contributed by atoms with E-state index >= 15 is 0 Å². The van der Waals surface area contributed by atoms with E-state index < -0.39 is 28.5 Å². The molecule has 0 aromatic heterocycles. The van der Waals surface area contributed by atoms with Crippen LogP contribution in [0.4, 0.5) is 5.69 Å². The lowest BCUT2D eigenvalue weighted by atomic mass is 10.0. The summed E-state index contributed by atoms with van der Waals surface area (Å²) in [6, 6.07) is 22.7. The van der Waals surface area contributed by atoms with Gasteiger partial charge in [-0.2, -0.15) is 0 Å². The van der Waals surface area contributed by atoms with Gasteiger partial charge in [-0.05, 0) is 55.7 Å². The number of nitrogens with one attached hydrogen (secondary N) is 1. The van der Waals surface area contributed by atoms with Crippen LogP contribution in [0.1, 0.15) is 37.0 Å². The lowest BCUT2D eigenvalue weighted by Crippen LogP contribution is -2.54. The molecule has 2 amide bonds. The molecule has 0 saturated carbocycles. The summed E-state index contributed by atoms with van der Waals surface area (Å²) in [4.78, 5) is 29.3. The van der Waals surface area contributed by atoms with Gasteiger partial charge in [-0.15, -0.1) is 0 Å². The smallest absolute Gasteiger partial charge is 0.244 e. The number of methoxy groups -OCH3 is 1. The topological polar surface area (TPSA) is 96.0 Å². The summed E-state index contributed by atoms with van der Waals surface area (Å²) >= 11 is 0. The predicted molar refractivity (Wildman–Crippen MR) is 159 cm³/mol. The molecule has 40 heavy (non-hydrogen) atoms. The summed E-state index contributed by atoms with van der Waals surface area (Å²) < 4.78 is 32.0. The molecule has 214 valence electrons. The van der Waals surface area contributed by atoms with Crippen LogP contribution < -0.4 is 14.4 Å². The van der Waals surface area contributed by atoms with E-state index in [0.29, 0.717) is 11.4 Å². The second-order valence-corrected chi connectivity index (χ2v) is 11.9. The molecule has 9 heteroatoms. The lowest BCUT2D eigenvalue weighted by molar-refractivity contribution is -0.140. The Hall–Kier alpha value is -3.85. The molecule has 0 bridgehead atoms. The highest BCUT2D eigenvalue weighted by Crippen LogP contribution is 2.23. The van der Waals surface area contributed by atoms with Gasteiger partial charge in [-0.3, -0.25) is 13.9 Å². The molecule has 3 aromatic carbocycles. The van der Waals surface area contributed by atoms with Crippen LogP contribution >= 0.6 is 0 Å². The van der Waals surface area contributed by atoms with Crippen molar-refractivity contribution in [1.29, 1.82) is 0 Å². The third-order valence-electron chi connectivity index (χ3n) is 6.79. The van der Waals surface area contributed by atoms with Crippen molar-refractivity contribution in [2.45, 2.75) is 52.2 Å². The Morgan fingerprint density at radius 2 is 1.55 bits per heavy atom. The summed E-state index contributed by atoms with van der Waals surface area (Å²) in [5.41, 5.74) is 3.13. The summed E-state index contributed by atoms with van der Waals surface area (Å²) in [5.74, 6) is -0.203. The van der Waals surface area contributed by atoms with E-state index in [-0.39, 0.29) is 24.9 Å². The van der Waals surface area contributed by atoms with Crippen LogP contribution in [0.3, 0.4) is 0 Å². The highest BCUT2D eigenvalue weighted by molar-refractivity contribution is 7.92. The highest BCUT2D eigenvalue weighted by Gasteiger charge is 2.33. The van der Waals surface area contributed by atoms with Gasteiger partial charge < -0.3 is 15.0 Å². The molecule has 0 unspecified atom stereocenters. The first-order valence-electron chi connectivity index (χ1n) is 13.3. The van der Waals surface area contributed by atoms with Crippen LogP contribution in [-0.2, 0) is 32.6 Å². The number of ether oxygens (including phenoxy) is 1. The molecule has 0 spiro atoms. The van der Waals surface area contributed by atoms with E-state index in [1.54, 1.807) is 24.3 Å². The summed E-state index contributed by atoms with van der Waals surface area (Å²) in [6.07, 6.45) is 2.07. The van der Waals surface area contributed by atoms with Crippen molar-refractivity contribution < 1.29 is 22.7 Å². The zero-order chi connectivity index (χ0) is 29.3. The largest absolute Gasteiger partial charge is 0.497 e. The SMILES string of the molecule is CC[C@H](C)NC(=O)[C@H](Cc1ccccc1)N(Cc1ccc(C)cc1)C(=O)CN(c1ccc(OC)cc1)S(C)(=O)=O. The van der Waals surface area contributed by atoms with Gasteiger partial charge in [-0.25, -0.2) is 8.42 Å². The predicted octanol–water partition coefficient (Wildman–Crippen LogP) is 4.32. The fourth-order valence-corrected chi connectivity index (χ4v) is 5.10. The molecule has 0 aliphatic heterocycles. The van der Waals surface area contributed by atoms with E-state index in [1.165, 1.54) is 12.0 Å². The number of hydrogen-bond acceptors (Lipinski definition) is 5. The molecule has 1 N–H and O–H groups in total. The molecule has 0 radical (unpaired) electrons. The Bertz CT molecular complexity index is 1360. The van der Waals surface area contributed by atoms with Crippen molar-refractivity contribution in [3.63, 3.8) is 0 Å². The molecule has 2 atom stereocenters. The highest BCUT2D eigenvalue weighted by atomic mass is 32.2. The van der Waals surface area contributed by atoms with Crippen LogP contribution in [0.5, 0.6) is 5.75 Å². The number of hydrogen-bond donors (Lipinski definition) is 1. The maximum absolute atomic E-state index is 14.1. The average molecular weight is 566 g/mol. The Labute approximate surface area is 238 Å². The van der Waals surface area contributed by atoms with E-state index in [9.17, 15) is 18.0 Å². The van der Waals surface area contributed by atoms with Crippen LogP contribution in [0.2, 0.25) is 0 Å². The second kappa shape index (κ2) is 14.0. The Kier molecular flexibility index (Phi) is 10.7. The number of amides is 2. The number of benzene rings is 3. The lowest BCUT2D eigenvalue weighted by Gasteiger charge is -2.34.